The predicted octanol–water partition coefficient (Wildman–Crippen LogP) is 2.14. The second-order valence-corrected chi connectivity index (χ2v) is 5.40. The van der Waals surface area contributed by atoms with Gasteiger partial charge in [-0.1, -0.05) is 29.8 Å². The van der Waals surface area contributed by atoms with E-state index in [0.29, 0.717) is 6.54 Å². The molecule has 1 aromatic rings. The van der Waals surface area contributed by atoms with E-state index in [1.165, 1.54) is 5.56 Å². The molecular formula is C15H23NO2. The molecule has 1 fully saturated rings. The van der Waals surface area contributed by atoms with Gasteiger partial charge in [0.2, 0.25) is 0 Å². The van der Waals surface area contributed by atoms with Crippen LogP contribution in [-0.4, -0.2) is 41.8 Å². The molecule has 0 spiro atoms. The third-order valence-electron chi connectivity index (χ3n) is 3.39. The Morgan fingerprint density at radius 3 is 2.33 bits per heavy atom. The second kappa shape index (κ2) is 5.83. The first-order chi connectivity index (χ1) is 8.54. The SMILES string of the molecule is Cc1ccc(C(O)CN2CC(C)OC(C)C2)cc1. The molecule has 2 rings (SSSR count). The summed E-state index contributed by atoms with van der Waals surface area (Å²) in [5, 5.41) is 10.3. The van der Waals surface area contributed by atoms with Gasteiger partial charge in [-0.05, 0) is 26.3 Å². The Bertz CT molecular complexity index is 367. The summed E-state index contributed by atoms with van der Waals surface area (Å²) in [6, 6.07) is 8.10. The minimum atomic E-state index is -0.414. The van der Waals surface area contributed by atoms with Crippen molar-refractivity contribution >= 4 is 0 Å². The van der Waals surface area contributed by atoms with Crippen molar-refractivity contribution < 1.29 is 9.84 Å². The molecule has 0 aromatic heterocycles. The van der Waals surface area contributed by atoms with Crippen LogP contribution in [0.15, 0.2) is 24.3 Å². The van der Waals surface area contributed by atoms with E-state index in [9.17, 15) is 5.11 Å². The maximum atomic E-state index is 10.3. The van der Waals surface area contributed by atoms with Crippen LogP contribution in [0.1, 0.15) is 31.1 Å². The fraction of sp³-hybridized carbons (Fsp3) is 0.600. The van der Waals surface area contributed by atoms with E-state index in [0.717, 1.165) is 18.7 Å². The van der Waals surface area contributed by atoms with Crippen molar-refractivity contribution in [2.45, 2.75) is 39.1 Å². The number of rotatable bonds is 3. The number of hydrogen-bond donors (Lipinski definition) is 1. The number of morpholine rings is 1. The summed E-state index contributed by atoms with van der Waals surface area (Å²) >= 11 is 0. The highest BCUT2D eigenvalue weighted by molar-refractivity contribution is 5.23. The van der Waals surface area contributed by atoms with Gasteiger partial charge < -0.3 is 9.84 Å². The van der Waals surface area contributed by atoms with Crippen molar-refractivity contribution in [2.75, 3.05) is 19.6 Å². The van der Waals surface area contributed by atoms with Crippen LogP contribution in [-0.2, 0) is 4.74 Å². The average molecular weight is 249 g/mol. The molecule has 3 unspecified atom stereocenters. The van der Waals surface area contributed by atoms with Crippen LogP contribution < -0.4 is 0 Å². The number of benzene rings is 1. The van der Waals surface area contributed by atoms with E-state index in [-0.39, 0.29) is 12.2 Å². The van der Waals surface area contributed by atoms with Gasteiger partial charge in [-0.3, -0.25) is 4.90 Å². The van der Waals surface area contributed by atoms with Crippen LogP contribution in [0.3, 0.4) is 0 Å². The molecule has 1 heterocycles. The molecule has 0 saturated carbocycles. The van der Waals surface area contributed by atoms with Crippen LogP contribution in [0, 0.1) is 6.92 Å². The van der Waals surface area contributed by atoms with Gasteiger partial charge in [-0.25, -0.2) is 0 Å². The van der Waals surface area contributed by atoms with Crippen molar-refractivity contribution in [3.8, 4) is 0 Å². The third-order valence-corrected chi connectivity index (χ3v) is 3.39. The molecule has 0 bridgehead atoms. The first kappa shape index (κ1) is 13.5. The number of hydrogen-bond acceptors (Lipinski definition) is 3. The van der Waals surface area contributed by atoms with Crippen LogP contribution in [0.2, 0.25) is 0 Å². The maximum absolute atomic E-state index is 10.3. The Hall–Kier alpha value is -0.900. The summed E-state index contributed by atoms with van der Waals surface area (Å²) in [5.74, 6) is 0. The standard InChI is InChI=1S/C15H23NO2/c1-11-4-6-14(7-5-11)15(17)10-16-8-12(2)18-13(3)9-16/h4-7,12-13,15,17H,8-10H2,1-3H3. The highest BCUT2D eigenvalue weighted by atomic mass is 16.5. The van der Waals surface area contributed by atoms with Crippen molar-refractivity contribution in [1.29, 1.82) is 0 Å². The lowest BCUT2D eigenvalue weighted by Crippen LogP contribution is -2.46. The molecule has 1 N–H and O–H groups in total. The number of β-amino-alcohol motifs (C(OH)–C–C–N with tert-alkyl or cyclic N) is 1. The molecule has 3 atom stereocenters. The lowest BCUT2D eigenvalue weighted by Gasteiger charge is -2.36. The molecule has 0 amide bonds. The molecule has 18 heavy (non-hydrogen) atoms. The number of ether oxygens (including phenoxy) is 1. The van der Waals surface area contributed by atoms with Crippen LogP contribution in [0.4, 0.5) is 0 Å². The van der Waals surface area contributed by atoms with Crippen molar-refractivity contribution in [3.05, 3.63) is 35.4 Å². The molecule has 1 saturated heterocycles. The first-order valence-electron chi connectivity index (χ1n) is 6.67. The molecule has 1 aromatic carbocycles. The zero-order valence-electron chi connectivity index (χ0n) is 11.5. The van der Waals surface area contributed by atoms with Gasteiger partial charge in [0.1, 0.15) is 0 Å². The van der Waals surface area contributed by atoms with Crippen molar-refractivity contribution in [2.24, 2.45) is 0 Å². The van der Waals surface area contributed by atoms with E-state index in [2.05, 4.69) is 25.7 Å². The van der Waals surface area contributed by atoms with Crippen LogP contribution in [0.5, 0.6) is 0 Å². The lowest BCUT2D eigenvalue weighted by molar-refractivity contribution is -0.0767. The van der Waals surface area contributed by atoms with E-state index < -0.39 is 6.10 Å². The first-order valence-corrected chi connectivity index (χ1v) is 6.67. The largest absolute Gasteiger partial charge is 0.387 e. The van der Waals surface area contributed by atoms with Gasteiger partial charge >= 0.3 is 0 Å². The summed E-state index contributed by atoms with van der Waals surface area (Å²) in [4.78, 5) is 2.28. The average Bonchev–Trinajstić information content (AvgIpc) is 2.28. The van der Waals surface area contributed by atoms with Gasteiger partial charge in [0.05, 0.1) is 18.3 Å². The number of aliphatic hydroxyl groups excluding tert-OH is 1. The lowest BCUT2D eigenvalue weighted by atomic mass is 10.1. The van der Waals surface area contributed by atoms with E-state index >= 15 is 0 Å². The molecule has 0 radical (unpaired) electrons. The normalized spacial score (nSPS) is 27.1. The van der Waals surface area contributed by atoms with E-state index in [1.807, 2.05) is 24.3 Å². The molecule has 1 aliphatic rings. The minimum absolute atomic E-state index is 0.249. The van der Waals surface area contributed by atoms with E-state index in [1.54, 1.807) is 0 Å². The summed E-state index contributed by atoms with van der Waals surface area (Å²) in [5.41, 5.74) is 2.21. The van der Waals surface area contributed by atoms with Gasteiger partial charge in [0, 0.05) is 19.6 Å². The van der Waals surface area contributed by atoms with Crippen molar-refractivity contribution in [3.63, 3.8) is 0 Å². The second-order valence-electron chi connectivity index (χ2n) is 5.40. The molecule has 1 aliphatic heterocycles. The molecular weight excluding hydrogens is 226 g/mol. The number of aryl methyl sites for hydroxylation is 1. The Kier molecular flexibility index (Phi) is 4.38. The molecule has 100 valence electrons. The predicted molar refractivity (Wildman–Crippen MR) is 72.6 cm³/mol. The van der Waals surface area contributed by atoms with E-state index in [4.69, 9.17) is 4.74 Å². The monoisotopic (exact) mass is 249 g/mol. The van der Waals surface area contributed by atoms with Gasteiger partial charge in [0.15, 0.2) is 0 Å². The van der Waals surface area contributed by atoms with Gasteiger partial charge in [-0.2, -0.15) is 0 Å². The number of nitrogens with zero attached hydrogens (tertiary/aromatic N) is 1. The highest BCUT2D eigenvalue weighted by Crippen LogP contribution is 2.18. The minimum Gasteiger partial charge on any atom is -0.387 e. The number of aliphatic hydroxyl groups is 1. The van der Waals surface area contributed by atoms with Gasteiger partial charge in [0.25, 0.3) is 0 Å². The maximum Gasteiger partial charge on any atom is 0.0916 e. The van der Waals surface area contributed by atoms with Crippen LogP contribution >= 0.6 is 0 Å². The van der Waals surface area contributed by atoms with Gasteiger partial charge in [-0.15, -0.1) is 0 Å². The quantitative estimate of drug-likeness (QED) is 0.891. The topological polar surface area (TPSA) is 32.7 Å². The summed E-state index contributed by atoms with van der Waals surface area (Å²) in [6.07, 6.45) is 0.0843. The molecule has 3 heteroatoms. The third kappa shape index (κ3) is 3.55. The van der Waals surface area contributed by atoms with Crippen molar-refractivity contribution in [1.82, 2.24) is 4.90 Å². The summed E-state index contributed by atoms with van der Waals surface area (Å²) in [6.45, 7) is 8.70. The smallest absolute Gasteiger partial charge is 0.0916 e. The van der Waals surface area contributed by atoms with Crippen LogP contribution in [0.25, 0.3) is 0 Å². The summed E-state index contributed by atoms with van der Waals surface area (Å²) in [7, 11) is 0. The zero-order chi connectivity index (χ0) is 13.1. The highest BCUT2D eigenvalue weighted by Gasteiger charge is 2.24. The molecule has 0 aliphatic carbocycles. The fourth-order valence-corrected chi connectivity index (χ4v) is 2.57. The summed E-state index contributed by atoms with van der Waals surface area (Å²) < 4.78 is 5.70. The Balaban J connectivity index is 1.94. The Labute approximate surface area is 109 Å². The zero-order valence-corrected chi connectivity index (χ0v) is 11.5. The Morgan fingerprint density at radius 2 is 1.78 bits per heavy atom. The fourth-order valence-electron chi connectivity index (χ4n) is 2.57. The molecule has 3 nitrogen and oxygen atoms in total. The Morgan fingerprint density at radius 1 is 1.22 bits per heavy atom.